The van der Waals surface area contributed by atoms with Crippen molar-refractivity contribution < 1.29 is 19.0 Å². The lowest BCUT2D eigenvalue weighted by atomic mass is 10.1. The number of esters is 1. The maximum Gasteiger partial charge on any atom is 0.337 e. The highest BCUT2D eigenvalue weighted by Gasteiger charge is 2.30. The van der Waals surface area contributed by atoms with Crippen LogP contribution in [0.3, 0.4) is 0 Å². The number of aliphatic hydroxyl groups excluding tert-OH is 1. The summed E-state index contributed by atoms with van der Waals surface area (Å²) in [6, 6.07) is 13.0. The molecule has 3 aromatic rings. The Morgan fingerprint density at radius 3 is 2.60 bits per heavy atom. The number of benzene rings is 2. The molecule has 2 N–H and O–H groups in total. The summed E-state index contributed by atoms with van der Waals surface area (Å²) in [6.45, 7) is 0.614. The minimum Gasteiger partial charge on any atom is -0.510 e. The number of methoxy groups -OCH3 is 1. The third kappa shape index (κ3) is 3.81. The first kappa shape index (κ1) is 19.8. The Kier molecular flexibility index (Phi) is 5.33. The smallest absolute Gasteiger partial charge is 0.337 e. The molecule has 0 atom stereocenters. The molecule has 0 bridgehead atoms. The van der Waals surface area contributed by atoms with Crippen molar-refractivity contribution in [3.63, 3.8) is 0 Å². The highest BCUT2D eigenvalue weighted by Crippen LogP contribution is 2.32. The number of aromatic nitrogens is 1. The molecule has 6 nitrogen and oxygen atoms in total. The zero-order valence-electron chi connectivity index (χ0n) is 16.1. The van der Waals surface area contributed by atoms with Crippen LogP contribution in [0, 0.1) is 11.2 Å². The van der Waals surface area contributed by atoms with Gasteiger partial charge in [-0.2, -0.15) is 0 Å². The van der Waals surface area contributed by atoms with Gasteiger partial charge in [0.05, 0.1) is 30.5 Å². The number of hydrogen-bond acceptors (Lipinski definition) is 6. The topological polar surface area (TPSA) is 86.5 Å². The molecule has 0 amide bonds. The molecule has 0 aliphatic carbocycles. The first-order valence-corrected chi connectivity index (χ1v) is 9.99. The van der Waals surface area contributed by atoms with Gasteiger partial charge in [-0.1, -0.05) is 12.1 Å². The highest BCUT2D eigenvalue weighted by atomic mass is 32.1. The number of aliphatic hydroxyl groups is 1. The number of carbonyl (C=O) groups is 1. The number of thiazole rings is 1. The summed E-state index contributed by atoms with van der Waals surface area (Å²) in [6.07, 6.45) is 0. The summed E-state index contributed by atoms with van der Waals surface area (Å²) in [7, 11) is 1.33. The number of nitrogens with one attached hydrogen (secondary N) is 1. The molecule has 1 aliphatic heterocycles. The molecule has 0 fully saturated rings. The molecule has 1 aromatic heterocycles. The van der Waals surface area contributed by atoms with Crippen LogP contribution in [0.4, 0.5) is 4.39 Å². The van der Waals surface area contributed by atoms with Crippen LogP contribution < -0.4 is 0 Å². The average Bonchev–Trinajstić information content (AvgIpc) is 3.33. The standard InChI is InChI=1S/C22H18FN3O3S/c1-29-22(28)15-4-2-13(3-5-15)10-26-11-18(27)19(20(26)24)21-25-17(12-30-21)14-6-8-16(23)9-7-14/h2-9,12,24,27H,10-11H2,1H3. The van der Waals surface area contributed by atoms with Gasteiger partial charge in [0.15, 0.2) is 0 Å². The van der Waals surface area contributed by atoms with E-state index in [1.807, 2.05) is 5.38 Å². The molecule has 0 saturated heterocycles. The van der Waals surface area contributed by atoms with Crippen LogP contribution in [-0.4, -0.2) is 40.4 Å². The van der Waals surface area contributed by atoms with E-state index in [9.17, 15) is 14.3 Å². The summed E-state index contributed by atoms with van der Waals surface area (Å²) in [4.78, 5) is 17.8. The molecule has 0 unspecified atom stereocenters. The fraction of sp³-hybridized carbons (Fsp3) is 0.136. The van der Waals surface area contributed by atoms with E-state index in [-0.39, 0.29) is 24.0 Å². The van der Waals surface area contributed by atoms with Gasteiger partial charge in [-0.25, -0.2) is 14.2 Å². The molecular formula is C22H18FN3O3S. The second kappa shape index (κ2) is 8.08. The molecule has 152 valence electrons. The summed E-state index contributed by atoms with van der Waals surface area (Å²) in [5, 5.41) is 21.4. The fourth-order valence-electron chi connectivity index (χ4n) is 3.22. The summed E-state index contributed by atoms with van der Waals surface area (Å²) < 4.78 is 17.8. The minimum atomic E-state index is -0.405. The Morgan fingerprint density at radius 1 is 1.23 bits per heavy atom. The number of carbonyl (C=O) groups excluding carboxylic acids is 1. The van der Waals surface area contributed by atoms with Crippen molar-refractivity contribution in [2.24, 2.45) is 0 Å². The van der Waals surface area contributed by atoms with E-state index in [4.69, 9.17) is 10.1 Å². The first-order valence-electron chi connectivity index (χ1n) is 9.11. The summed E-state index contributed by atoms with van der Waals surface area (Å²) >= 11 is 1.33. The van der Waals surface area contributed by atoms with Crippen molar-refractivity contribution >= 4 is 28.7 Å². The van der Waals surface area contributed by atoms with E-state index in [2.05, 4.69) is 4.98 Å². The van der Waals surface area contributed by atoms with Crippen LogP contribution in [0.25, 0.3) is 16.8 Å². The quantitative estimate of drug-likeness (QED) is 0.590. The van der Waals surface area contributed by atoms with Gasteiger partial charge in [-0.15, -0.1) is 11.3 Å². The van der Waals surface area contributed by atoms with Gasteiger partial charge in [-0.05, 0) is 42.0 Å². The van der Waals surface area contributed by atoms with Gasteiger partial charge >= 0.3 is 5.97 Å². The van der Waals surface area contributed by atoms with E-state index >= 15 is 0 Å². The first-order chi connectivity index (χ1) is 14.5. The highest BCUT2D eigenvalue weighted by molar-refractivity contribution is 7.11. The van der Waals surface area contributed by atoms with Crippen molar-refractivity contribution in [3.8, 4) is 11.3 Å². The van der Waals surface area contributed by atoms with Crippen LogP contribution in [0.5, 0.6) is 0 Å². The lowest BCUT2D eigenvalue weighted by Crippen LogP contribution is -2.26. The number of rotatable bonds is 5. The maximum absolute atomic E-state index is 13.1. The Hall–Kier alpha value is -3.52. The molecule has 2 aromatic carbocycles. The number of amidine groups is 1. The summed E-state index contributed by atoms with van der Waals surface area (Å²) in [5.41, 5.74) is 3.19. The SMILES string of the molecule is COC(=O)c1ccc(CN2CC(O)=C(c3nc(-c4ccc(F)cc4)cs3)C2=N)cc1. The van der Waals surface area contributed by atoms with Crippen LogP contribution in [0.15, 0.2) is 59.7 Å². The monoisotopic (exact) mass is 423 g/mol. The predicted octanol–water partition coefficient (Wildman–Crippen LogP) is 4.50. The van der Waals surface area contributed by atoms with Crippen LogP contribution >= 0.6 is 11.3 Å². The van der Waals surface area contributed by atoms with Gasteiger partial charge in [0.2, 0.25) is 0 Å². The van der Waals surface area contributed by atoms with Gasteiger partial charge in [0.25, 0.3) is 0 Å². The molecule has 8 heteroatoms. The third-order valence-corrected chi connectivity index (χ3v) is 5.65. The minimum absolute atomic E-state index is 0.0891. The second-order valence-electron chi connectivity index (χ2n) is 6.76. The third-order valence-electron chi connectivity index (χ3n) is 4.79. The Bertz CT molecular complexity index is 1140. The molecule has 1 aliphatic rings. The van der Waals surface area contributed by atoms with Crippen molar-refractivity contribution in [1.29, 1.82) is 5.41 Å². The molecule has 4 rings (SSSR count). The van der Waals surface area contributed by atoms with E-state index in [0.29, 0.717) is 28.4 Å². The lowest BCUT2D eigenvalue weighted by molar-refractivity contribution is 0.0600. The molecule has 0 spiro atoms. The summed E-state index contributed by atoms with van der Waals surface area (Å²) in [5.74, 6) is -0.448. The fourth-order valence-corrected chi connectivity index (χ4v) is 4.12. The van der Waals surface area contributed by atoms with E-state index in [0.717, 1.165) is 11.1 Å². The normalized spacial score (nSPS) is 13.8. The molecule has 2 heterocycles. The number of nitrogens with zero attached hydrogens (tertiary/aromatic N) is 2. The van der Waals surface area contributed by atoms with Crippen LogP contribution in [0.2, 0.25) is 0 Å². The number of ether oxygens (including phenoxy) is 1. The van der Waals surface area contributed by atoms with Gasteiger partial charge in [0.1, 0.15) is 22.4 Å². The predicted molar refractivity (Wildman–Crippen MR) is 113 cm³/mol. The number of hydrogen-bond donors (Lipinski definition) is 2. The van der Waals surface area contributed by atoms with E-state index in [1.54, 1.807) is 41.3 Å². The Balaban J connectivity index is 1.50. The van der Waals surface area contributed by atoms with Crippen molar-refractivity contribution in [2.75, 3.05) is 13.7 Å². The van der Waals surface area contributed by atoms with E-state index < -0.39 is 5.97 Å². The average molecular weight is 423 g/mol. The molecule has 0 saturated carbocycles. The molecule has 30 heavy (non-hydrogen) atoms. The lowest BCUT2D eigenvalue weighted by Gasteiger charge is -2.18. The molecular weight excluding hydrogens is 405 g/mol. The maximum atomic E-state index is 13.1. The van der Waals surface area contributed by atoms with Crippen LogP contribution in [0.1, 0.15) is 20.9 Å². The Labute approximate surface area is 176 Å². The molecule has 0 radical (unpaired) electrons. The Morgan fingerprint density at radius 2 is 1.93 bits per heavy atom. The van der Waals surface area contributed by atoms with Gasteiger partial charge < -0.3 is 14.7 Å². The van der Waals surface area contributed by atoms with Crippen molar-refractivity contribution in [2.45, 2.75) is 6.54 Å². The largest absolute Gasteiger partial charge is 0.510 e. The zero-order chi connectivity index (χ0) is 21.3. The number of halogens is 1. The van der Waals surface area contributed by atoms with Crippen LogP contribution in [-0.2, 0) is 11.3 Å². The second-order valence-corrected chi connectivity index (χ2v) is 7.62. The zero-order valence-corrected chi connectivity index (χ0v) is 16.9. The van der Waals surface area contributed by atoms with E-state index in [1.165, 1.54) is 30.6 Å². The van der Waals surface area contributed by atoms with Crippen molar-refractivity contribution in [3.05, 3.63) is 81.6 Å². The van der Waals surface area contributed by atoms with Gasteiger partial charge in [-0.3, -0.25) is 5.41 Å². The van der Waals surface area contributed by atoms with Gasteiger partial charge in [0, 0.05) is 17.5 Å². The van der Waals surface area contributed by atoms with Crippen molar-refractivity contribution in [1.82, 2.24) is 9.88 Å².